The van der Waals surface area contributed by atoms with Gasteiger partial charge in [-0.05, 0) is 42.7 Å². The molecule has 0 aliphatic rings. The molecule has 0 radical (unpaired) electrons. The van der Waals surface area contributed by atoms with Crippen LogP contribution in [0.15, 0.2) is 55.1 Å². The first-order valence-electron chi connectivity index (χ1n) is 7.17. The van der Waals surface area contributed by atoms with Crippen molar-refractivity contribution in [2.75, 3.05) is 0 Å². The van der Waals surface area contributed by atoms with Gasteiger partial charge in [-0.2, -0.15) is 0 Å². The van der Waals surface area contributed by atoms with E-state index < -0.39 is 0 Å². The number of allylic oxidation sites excluding steroid dienone is 1. The number of para-hydroxylation sites is 2. The Bertz CT molecular complexity index is 775. The minimum absolute atomic E-state index is 0.212. The van der Waals surface area contributed by atoms with Crippen molar-refractivity contribution in [2.45, 2.75) is 18.8 Å². The zero-order valence-electron chi connectivity index (χ0n) is 12.0. The number of aromatic nitrogens is 2. The normalized spacial score (nSPS) is 12.5. The third-order valence-corrected chi connectivity index (χ3v) is 4.31. The van der Waals surface area contributed by atoms with Crippen LogP contribution < -0.4 is 0 Å². The Balaban J connectivity index is 1.93. The third kappa shape index (κ3) is 3.18. The number of aromatic amines is 1. The summed E-state index contributed by atoms with van der Waals surface area (Å²) in [5, 5.41) is 1.34. The molecule has 112 valence electrons. The first kappa shape index (κ1) is 15.1. The predicted molar refractivity (Wildman–Crippen MR) is 93.8 cm³/mol. The highest BCUT2D eigenvalue weighted by atomic mass is 35.5. The van der Waals surface area contributed by atoms with E-state index in [4.69, 9.17) is 28.2 Å². The lowest BCUT2D eigenvalue weighted by atomic mass is 9.95. The zero-order valence-corrected chi connectivity index (χ0v) is 13.5. The summed E-state index contributed by atoms with van der Waals surface area (Å²) >= 11 is 12.3. The van der Waals surface area contributed by atoms with E-state index in [0.717, 1.165) is 35.3 Å². The van der Waals surface area contributed by atoms with Crippen LogP contribution in [0.2, 0.25) is 10.0 Å². The van der Waals surface area contributed by atoms with Crippen molar-refractivity contribution < 1.29 is 0 Å². The van der Waals surface area contributed by atoms with E-state index in [2.05, 4.69) is 11.6 Å². The second-order valence-corrected chi connectivity index (χ2v) is 6.14. The van der Waals surface area contributed by atoms with Gasteiger partial charge >= 0.3 is 0 Å². The Morgan fingerprint density at radius 2 is 2.00 bits per heavy atom. The van der Waals surface area contributed by atoms with E-state index in [9.17, 15) is 0 Å². The topological polar surface area (TPSA) is 28.7 Å². The van der Waals surface area contributed by atoms with Crippen molar-refractivity contribution in [3.63, 3.8) is 0 Å². The Kier molecular flexibility index (Phi) is 4.51. The fraction of sp³-hybridized carbons (Fsp3) is 0.167. The highest BCUT2D eigenvalue weighted by Crippen LogP contribution is 2.29. The number of benzene rings is 2. The number of hydrogen-bond acceptors (Lipinski definition) is 1. The molecule has 0 bridgehead atoms. The number of halogens is 2. The maximum Gasteiger partial charge on any atom is 0.111 e. The highest BCUT2D eigenvalue weighted by molar-refractivity contribution is 6.35. The molecule has 0 amide bonds. The smallest absolute Gasteiger partial charge is 0.111 e. The monoisotopic (exact) mass is 330 g/mol. The Labute approximate surface area is 139 Å². The molecule has 2 nitrogen and oxygen atoms in total. The van der Waals surface area contributed by atoms with Crippen LogP contribution in [0.4, 0.5) is 0 Å². The number of nitrogens with zero attached hydrogens (tertiary/aromatic N) is 1. The number of imidazole rings is 1. The van der Waals surface area contributed by atoms with E-state index in [1.807, 2.05) is 42.5 Å². The van der Waals surface area contributed by atoms with E-state index in [0.29, 0.717) is 10.0 Å². The summed E-state index contributed by atoms with van der Waals surface area (Å²) in [6.45, 7) is 3.86. The molecule has 0 saturated carbocycles. The van der Waals surface area contributed by atoms with Crippen molar-refractivity contribution in [1.82, 2.24) is 9.97 Å². The molecule has 22 heavy (non-hydrogen) atoms. The number of nitrogens with one attached hydrogen (secondary N) is 1. The minimum atomic E-state index is 0.212. The Hall–Kier alpha value is -1.77. The first-order valence-corrected chi connectivity index (χ1v) is 7.92. The van der Waals surface area contributed by atoms with Gasteiger partial charge in [-0.15, -0.1) is 6.58 Å². The molecule has 1 N–H and O–H groups in total. The second-order valence-electron chi connectivity index (χ2n) is 5.30. The van der Waals surface area contributed by atoms with Gasteiger partial charge in [-0.1, -0.05) is 47.5 Å². The SMILES string of the molecule is C=CCC(Cc1ccc(Cl)cc1Cl)c1nc2ccccc2[nH]1. The Morgan fingerprint density at radius 3 is 2.73 bits per heavy atom. The standard InChI is InChI=1S/C18H16Cl2N2/c1-2-5-13(10-12-8-9-14(19)11-15(12)20)18-21-16-6-3-4-7-17(16)22-18/h2-4,6-9,11,13H,1,5,10H2,(H,21,22). The van der Waals surface area contributed by atoms with Crippen molar-refractivity contribution >= 4 is 34.2 Å². The lowest BCUT2D eigenvalue weighted by Crippen LogP contribution is -2.05. The van der Waals surface area contributed by atoms with Gasteiger partial charge < -0.3 is 4.98 Å². The molecular formula is C18H16Cl2N2. The molecule has 3 aromatic rings. The van der Waals surface area contributed by atoms with Gasteiger partial charge in [0.2, 0.25) is 0 Å². The molecule has 0 saturated heterocycles. The third-order valence-electron chi connectivity index (χ3n) is 3.73. The minimum Gasteiger partial charge on any atom is -0.342 e. The van der Waals surface area contributed by atoms with Crippen LogP contribution in [-0.4, -0.2) is 9.97 Å². The quantitative estimate of drug-likeness (QED) is 0.591. The van der Waals surface area contributed by atoms with Crippen molar-refractivity contribution in [1.29, 1.82) is 0 Å². The molecule has 1 aromatic heterocycles. The van der Waals surface area contributed by atoms with Crippen molar-refractivity contribution in [2.24, 2.45) is 0 Å². The van der Waals surface area contributed by atoms with Crippen LogP contribution in [0.5, 0.6) is 0 Å². The molecule has 1 atom stereocenters. The second kappa shape index (κ2) is 6.55. The van der Waals surface area contributed by atoms with Crippen LogP contribution in [0.3, 0.4) is 0 Å². The summed E-state index contributed by atoms with van der Waals surface area (Å²) in [4.78, 5) is 8.11. The van der Waals surface area contributed by atoms with Crippen molar-refractivity contribution in [3.05, 3.63) is 76.6 Å². The van der Waals surface area contributed by atoms with E-state index in [1.165, 1.54) is 0 Å². The van der Waals surface area contributed by atoms with Crippen LogP contribution in [0.25, 0.3) is 11.0 Å². The summed E-state index contributed by atoms with van der Waals surface area (Å²) in [5.74, 6) is 1.18. The van der Waals surface area contributed by atoms with E-state index >= 15 is 0 Å². The van der Waals surface area contributed by atoms with Gasteiger partial charge in [-0.3, -0.25) is 0 Å². The fourth-order valence-electron chi connectivity index (χ4n) is 2.61. The first-order chi connectivity index (χ1) is 10.7. The van der Waals surface area contributed by atoms with Gasteiger partial charge in [0.05, 0.1) is 11.0 Å². The van der Waals surface area contributed by atoms with Crippen LogP contribution in [0, 0.1) is 0 Å². The van der Waals surface area contributed by atoms with E-state index in [1.54, 1.807) is 6.07 Å². The van der Waals surface area contributed by atoms with Crippen molar-refractivity contribution in [3.8, 4) is 0 Å². The van der Waals surface area contributed by atoms with Crippen LogP contribution in [0.1, 0.15) is 23.7 Å². The molecule has 0 aliphatic carbocycles. The molecule has 4 heteroatoms. The average Bonchev–Trinajstić information content (AvgIpc) is 2.93. The maximum atomic E-state index is 6.30. The summed E-state index contributed by atoms with van der Waals surface area (Å²) in [5.41, 5.74) is 3.10. The largest absolute Gasteiger partial charge is 0.342 e. The summed E-state index contributed by atoms with van der Waals surface area (Å²) in [7, 11) is 0. The molecule has 0 spiro atoms. The van der Waals surface area contributed by atoms with Gasteiger partial charge in [0.1, 0.15) is 5.82 Å². The van der Waals surface area contributed by atoms with Crippen LogP contribution >= 0.6 is 23.2 Å². The number of fused-ring (bicyclic) bond motifs is 1. The molecule has 0 fully saturated rings. The lowest BCUT2D eigenvalue weighted by Gasteiger charge is -2.14. The molecule has 3 rings (SSSR count). The van der Waals surface area contributed by atoms with Gasteiger partial charge in [0.25, 0.3) is 0 Å². The molecule has 0 aliphatic heterocycles. The maximum absolute atomic E-state index is 6.30. The Morgan fingerprint density at radius 1 is 1.18 bits per heavy atom. The molecule has 1 heterocycles. The highest BCUT2D eigenvalue weighted by Gasteiger charge is 2.17. The summed E-state index contributed by atoms with van der Waals surface area (Å²) in [6, 6.07) is 13.7. The summed E-state index contributed by atoms with van der Waals surface area (Å²) in [6.07, 6.45) is 3.54. The zero-order chi connectivity index (χ0) is 15.5. The van der Waals surface area contributed by atoms with E-state index in [-0.39, 0.29) is 5.92 Å². The van der Waals surface area contributed by atoms with Gasteiger partial charge in [0, 0.05) is 16.0 Å². The summed E-state index contributed by atoms with van der Waals surface area (Å²) < 4.78 is 0. The average molecular weight is 331 g/mol. The number of hydrogen-bond donors (Lipinski definition) is 1. The molecular weight excluding hydrogens is 315 g/mol. The lowest BCUT2D eigenvalue weighted by molar-refractivity contribution is 0.658. The predicted octanol–water partition coefficient (Wildman–Crippen LogP) is 5.77. The number of rotatable bonds is 5. The van der Waals surface area contributed by atoms with Gasteiger partial charge in [-0.25, -0.2) is 4.98 Å². The molecule has 1 unspecified atom stereocenters. The fourth-order valence-corrected chi connectivity index (χ4v) is 3.10. The number of H-pyrrole nitrogens is 1. The van der Waals surface area contributed by atoms with Gasteiger partial charge in [0.15, 0.2) is 0 Å². The van der Waals surface area contributed by atoms with Crippen LogP contribution in [-0.2, 0) is 6.42 Å². The molecule has 2 aromatic carbocycles.